The molecule has 0 spiro atoms. The lowest BCUT2D eigenvalue weighted by atomic mass is 10.0. The average Bonchev–Trinajstić information content (AvgIpc) is 2.53. The molecule has 0 bridgehead atoms. The number of ether oxygens (including phenoxy) is 1. The lowest BCUT2D eigenvalue weighted by Gasteiger charge is -2.32. The van der Waals surface area contributed by atoms with Crippen molar-refractivity contribution in [3.05, 3.63) is 42.0 Å². The predicted octanol–water partition coefficient (Wildman–Crippen LogP) is 2.66. The first-order valence-electron chi connectivity index (χ1n) is 7.23. The predicted molar refractivity (Wildman–Crippen MR) is 91.1 cm³/mol. The lowest BCUT2D eigenvalue weighted by molar-refractivity contribution is 0.0661. The molecule has 1 saturated heterocycles. The molecule has 118 valence electrons. The molecule has 2 aromatic rings. The molecule has 0 unspecified atom stereocenters. The van der Waals surface area contributed by atoms with Crippen LogP contribution in [0.2, 0.25) is 0 Å². The van der Waals surface area contributed by atoms with Gasteiger partial charge in [0.1, 0.15) is 5.75 Å². The minimum atomic E-state index is 0. The Labute approximate surface area is 137 Å². The Morgan fingerprint density at radius 1 is 1.05 bits per heavy atom. The van der Waals surface area contributed by atoms with Crippen LogP contribution in [0.1, 0.15) is 10.4 Å². The molecule has 0 aliphatic carbocycles. The summed E-state index contributed by atoms with van der Waals surface area (Å²) in [5.41, 5.74) is 0.653. The summed E-state index contributed by atoms with van der Waals surface area (Å²) < 4.78 is 5.43. The number of piperazine rings is 1. The van der Waals surface area contributed by atoms with Crippen LogP contribution in [0.5, 0.6) is 5.75 Å². The average molecular weight is 321 g/mol. The van der Waals surface area contributed by atoms with E-state index < -0.39 is 0 Å². The number of benzene rings is 2. The standard InChI is InChI=1S/C17H20N2O2.ClH/c1-18-7-9-19(10-8-18)17(20)15-11-13-5-3-4-6-14(13)12-16(15)21-2;/h3-6,11-12H,7-10H2,1-2H3;1H. The third-order valence-electron chi connectivity index (χ3n) is 4.09. The molecule has 1 aliphatic rings. The first kappa shape index (κ1) is 16.6. The molecule has 0 N–H and O–H groups in total. The zero-order chi connectivity index (χ0) is 14.8. The molecular weight excluding hydrogens is 300 g/mol. The molecule has 1 aliphatic heterocycles. The number of carbonyl (C=O) groups is 1. The fourth-order valence-electron chi connectivity index (χ4n) is 2.74. The summed E-state index contributed by atoms with van der Waals surface area (Å²) in [6.45, 7) is 3.37. The van der Waals surface area contributed by atoms with Crippen LogP contribution in [0.15, 0.2) is 36.4 Å². The molecule has 0 atom stereocenters. The Balaban J connectivity index is 0.00000176. The topological polar surface area (TPSA) is 32.8 Å². The summed E-state index contributed by atoms with van der Waals surface area (Å²) in [4.78, 5) is 16.9. The molecule has 22 heavy (non-hydrogen) atoms. The van der Waals surface area contributed by atoms with E-state index in [0.29, 0.717) is 11.3 Å². The highest BCUT2D eigenvalue weighted by Crippen LogP contribution is 2.27. The third-order valence-corrected chi connectivity index (χ3v) is 4.09. The van der Waals surface area contributed by atoms with Crippen molar-refractivity contribution < 1.29 is 9.53 Å². The van der Waals surface area contributed by atoms with E-state index in [0.717, 1.165) is 37.0 Å². The molecule has 3 rings (SSSR count). The molecule has 0 radical (unpaired) electrons. The molecule has 0 saturated carbocycles. The van der Waals surface area contributed by atoms with Gasteiger partial charge in [-0.3, -0.25) is 4.79 Å². The van der Waals surface area contributed by atoms with E-state index in [2.05, 4.69) is 11.9 Å². The van der Waals surface area contributed by atoms with Crippen molar-refractivity contribution in [1.29, 1.82) is 0 Å². The van der Waals surface area contributed by atoms with Crippen molar-refractivity contribution in [2.45, 2.75) is 0 Å². The highest BCUT2D eigenvalue weighted by atomic mass is 35.5. The molecule has 1 fully saturated rings. The maximum Gasteiger partial charge on any atom is 0.257 e. The van der Waals surface area contributed by atoms with Gasteiger partial charge in [0.05, 0.1) is 12.7 Å². The Bertz CT molecular complexity index is 667. The van der Waals surface area contributed by atoms with Gasteiger partial charge in [-0.2, -0.15) is 0 Å². The number of carbonyl (C=O) groups excluding carboxylic acids is 1. The summed E-state index contributed by atoms with van der Waals surface area (Å²) >= 11 is 0. The Hall–Kier alpha value is -1.78. The second-order valence-electron chi connectivity index (χ2n) is 5.50. The van der Waals surface area contributed by atoms with Crippen molar-refractivity contribution in [3.63, 3.8) is 0 Å². The monoisotopic (exact) mass is 320 g/mol. The second-order valence-corrected chi connectivity index (χ2v) is 5.50. The van der Waals surface area contributed by atoms with Crippen LogP contribution in [0.3, 0.4) is 0 Å². The normalized spacial score (nSPS) is 15.5. The van der Waals surface area contributed by atoms with E-state index in [4.69, 9.17) is 4.74 Å². The van der Waals surface area contributed by atoms with Crippen LogP contribution in [-0.4, -0.2) is 56.0 Å². The maximum absolute atomic E-state index is 12.8. The number of nitrogens with zero attached hydrogens (tertiary/aromatic N) is 2. The molecule has 1 amide bonds. The Morgan fingerprint density at radius 3 is 2.23 bits per heavy atom. The van der Waals surface area contributed by atoms with Gasteiger partial charge in [-0.25, -0.2) is 0 Å². The van der Waals surface area contributed by atoms with Crippen LogP contribution >= 0.6 is 12.4 Å². The number of fused-ring (bicyclic) bond motifs is 1. The van der Waals surface area contributed by atoms with Crippen molar-refractivity contribution in [3.8, 4) is 5.75 Å². The molecule has 2 aromatic carbocycles. The van der Waals surface area contributed by atoms with Crippen LogP contribution in [-0.2, 0) is 0 Å². The summed E-state index contributed by atoms with van der Waals surface area (Å²) in [5, 5.41) is 2.15. The summed E-state index contributed by atoms with van der Waals surface area (Å²) in [5.74, 6) is 0.711. The van der Waals surface area contributed by atoms with E-state index in [1.54, 1.807) is 7.11 Å². The van der Waals surface area contributed by atoms with Crippen molar-refractivity contribution in [1.82, 2.24) is 9.80 Å². The van der Waals surface area contributed by atoms with Crippen molar-refractivity contribution in [2.24, 2.45) is 0 Å². The van der Waals surface area contributed by atoms with Gasteiger partial charge in [0.15, 0.2) is 0 Å². The number of halogens is 1. The first-order valence-corrected chi connectivity index (χ1v) is 7.23. The minimum absolute atomic E-state index is 0. The van der Waals surface area contributed by atoms with Crippen LogP contribution in [0.25, 0.3) is 10.8 Å². The summed E-state index contributed by atoms with van der Waals surface area (Å²) in [6.07, 6.45) is 0. The van der Waals surface area contributed by atoms with E-state index in [1.165, 1.54) is 0 Å². The Kier molecular flexibility index (Phi) is 5.27. The fourth-order valence-corrected chi connectivity index (χ4v) is 2.74. The van der Waals surface area contributed by atoms with Crippen molar-refractivity contribution in [2.75, 3.05) is 40.3 Å². The van der Waals surface area contributed by atoms with Crippen LogP contribution in [0.4, 0.5) is 0 Å². The minimum Gasteiger partial charge on any atom is -0.496 e. The molecule has 4 nitrogen and oxygen atoms in total. The SMILES string of the molecule is COc1cc2ccccc2cc1C(=O)N1CCN(C)CC1.Cl. The smallest absolute Gasteiger partial charge is 0.257 e. The molecular formula is C17H21ClN2O2. The van der Waals surface area contributed by atoms with Gasteiger partial charge >= 0.3 is 0 Å². The van der Waals surface area contributed by atoms with Gasteiger partial charge < -0.3 is 14.5 Å². The van der Waals surface area contributed by atoms with E-state index in [-0.39, 0.29) is 18.3 Å². The van der Waals surface area contributed by atoms with Crippen LogP contribution in [0, 0.1) is 0 Å². The zero-order valence-electron chi connectivity index (χ0n) is 12.9. The molecule has 1 heterocycles. The second kappa shape index (κ2) is 6.99. The number of methoxy groups -OCH3 is 1. The van der Waals surface area contributed by atoms with Crippen molar-refractivity contribution >= 4 is 29.1 Å². The van der Waals surface area contributed by atoms with Gasteiger partial charge in [0, 0.05) is 26.2 Å². The van der Waals surface area contributed by atoms with Crippen LogP contribution < -0.4 is 4.74 Å². The number of amides is 1. The number of likely N-dealkylation sites (N-methyl/N-ethyl adjacent to an activating group) is 1. The molecule has 5 heteroatoms. The van der Waals surface area contributed by atoms with Gasteiger partial charge in [-0.05, 0) is 30.0 Å². The summed E-state index contributed by atoms with van der Waals surface area (Å²) in [7, 11) is 3.70. The van der Waals surface area contributed by atoms with Gasteiger partial charge in [-0.15, -0.1) is 12.4 Å². The molecule has 0 aromatic heterocycles. The Morgan fingerprint density at radius 2 is 1.64 bits per heavy atom. The third kappa shape index (κ3) is 3.18. The zero-order valence-corrected chi connectivity index (χ0v) is 13.7. The van der Waals surface area contributed by atoms with Gasteiger partial charge in [0.2, 0.25) is 0 Å². The fraction of sp³-hybridized carbons (Fsp3) is 0.353. The van der Waals surface area contributed by atoms with Gasteiger partial charge in [-0.1, -0.05) is 24.3 Å². The van der Waals surface area contributed by atoms with E-state index in [9.17, 15) is 4.79 Å². The number of hydrogen-bond acceptors (Lipinski definition) is 3. The first-order chi connectivity index (χ1) is 10.2. The van der Waals surface area contributed by atoms with E-state index in [1.807, 2.05) is 41.3 Å². The number of rotatable bonds is 2. The quantitative estimate of drug-likeness (QED) is 0.853. The largest absolute Gasteiger partial charge is 0.496 e. The number of hydrogen-bond donors (Lipinski definition) is 0. The highest BCUT2D eigenvalue weighted by Gasteiger charge is 2.23. The maximum atomic E-state index is 12.8. The summed E-state index contributed by atoms with van der Waals surface area (Å²) in [6, 6.07) is 11.9. The highest BCUT2D eigenvalue weighted by molar-refractivity contribution is 6.01. The van der Waals surface area contributed by atoms with Gasteiger partial charge in [0.25, 0.3) is 5.91 Å². The lowest BCUT2D eigenvalue weighted by Crippen LogP contribution is -2.47. The van der Waals surface area contributed by atoms with E-state index >= 15 is 0 Å².